The lowest BCUT2D eigenvalue weighted by Gasteiger charge is -2.20. The van der Waals surface area contributed by atoms with Gasteiger partial charge in [-0.2, -0.15) is 0 Å². The summed E-state index contributed by atoms with van der Waals surface area (Å²) in [6, 6.07) is 1.71. The van der Waals surface area contributed by atoms with Crippen molar-refractivity contribution in [3.63, 3.8) is 0 Å². The van der Waals surface area contributed by atoms with Crippen LogP contribution >= 0.6 is 0 Å². The number of aldehydes is 1. The van der Waals surface area contributed by atoms with Crippen LogP contribution in [0.3, 0.4) is 0 Å². The van der Waals surface area contributed by atoms with Gasteiger partial charge in [-0.15, -0.1) is 6.42 Å². The van der Waals surface area contributed by atoms with Gasteiger partial charge < -0.3 is 4.74 Å². The fourth-order valence-electron chi connectivity index (χ4n) is 1.03. The van der Waals surface area contributed by atoms with Crippen LogP contribution in [0.15, 0.2) is 12.3 Å². The van der Waals surface area contributed by atoms with Crippen molar-refractivity contribution in [2.75, 3.05) is 0 Å². The summed E-state index contributed by atoms with van der Waals surface area (Å²) in [6.45, 7) is 5.38. The van der Waals surface area contributed by atoms with Crippen LogP contribution in [-0.2, 0) is 0 Å². The van der Waals surface area contributed by atoms with E-state index >= 15 is 0 Å². The van der Waals surface area contributed by atoms with Gasteiger partial charge in [0, 0.05) is 17.3 Å². The smallest absolute Gasteiger partial charge is 0.217 e. The normalized spacial score (nSPS) is 10.5. The molecule has 0 aliphatic carbocycles. The Kier molecular flexibility index (Phi) is 3.11. The number of pyridine rings is 1. The maximum Gasteiger partial charge on any atom is 0.217 e. The lowest BCUT2D eigenvalue weighted by atomic mass is 10.1. The summed E-state index contributed by atoms with van der Waals surface area (Å²) in [5.41, 5.74) is 0.627. The number of hydrogen-bond acceptors (Lipinski definition) is 3. The second kappa shape index (κ2) is 4.14. The van der Waals surface area contributed by atoms with Crippen LogP contribution in [0.25, 0.3) is 0 Å². The van der Waals surface area contributed by atoms with Crippen LogP contribution in [0.1, 0.15) is 29.8 Å². The molecule has 78 valence electrons. The summed E-state index contributed by atoms with van der Waals surface area (Å²) in [5, 5.41) is 0. The zero-order chi connectivity index (χ0) is 11.5. The summed E-state index contributed by atoms with van der Waals surface area (Å²) < 4.78 is 5.52. The molecule has 1 aromatic rings. The SMILES string of the molecule is C#CC(C)(C)Oc1ncc(C=O)cc1C. The standard InChI is InChI=1S/C12H13NO2/c1-5-12(3,4)15-11-9(2)6-10(8-14)7-13-11/h1,6-8H,2-4H3. The van der Waals surface area contributed by atoms with E-state index in [1.807, 2.05) is 6.92 Å². The van der Waals surface area contributed by atoms with Crippen LogP contribution in [0, 0.1) is 19.3 Å². The molecule has 0 bridgehead atoms. The van der Waals surface area contributed by atoms with Gasteiger partial charge in [-0.3, -0.25) is 4.79 Å². The van der Waals surface area contributed by atoms with Crippen molar-refractivity contribution in [2.45, 2.75) is 26.4 Å². The molecular formula is C12H13NO2. The number of hydrogen-bond donors (Lipinski definition) is 0. The predicted octanol–water partition coefficient (Wildman–Crippen LogP) is 1.99. The lowest BCUT2D eigenvalue weighted by molar-refractivity contribution is 0.112. The number of aryl methyl sites for hydroxylation is 1. The second-order valence-corrected chi connectivity index (χ2v) is 3.77. The molecule has 0 aromatic carbocycles. The van der Waals surface area contributed by atoms with Gasteiger partial charge in [-0.25, -0.2) is 4.98 Å². The van der Waals surface area contributed by atoms with Crippen molar-refractivity contribution in [1.29, 1.82) is 0 Å². The molecule has 0 aliphatic heterocycles. The summed E-state index contributed by atoms with van der Waals surface area (Å²) in [6.07, 6.45) is 7.51. The molecule has 0 spiro atoms. The maximum atomic E-state index is 10.5. The van der Waals surface area contributed by atoms with Crippen molar-refractivity contribution in [3.05, 3.63) is 23.4 Å². The second-order valence-electron chi connectivity index (χ2n) is 3.77. The highest BCUT2D eigenvalue weighted by atomic mass is 16.5. The Morgan fingerprint density at radius 2 is 2.27 bits per heavy atom. The topological polar surface area (TPSA) is 39.2 Å². The van der Waals surface area contributed by atoms with E-state index in [4.69, 9.17) is 11.2 Å². The monoisotopic (exact) mass is 203 g/mol. The van der Waals surface area contributed by atoms with Crippen molar-refractivity contribution in [3.8, 4) is 18.2 Å². The molecule has 0 unspecified atom stereocenters. The van der Waals surface area contributed by atoms with Crippen molar-refractivity contribution >= 4 is 6.29 Å². The molecule has 0 N–H and O–H groups in total. The van der Waals surface area contributed by atoms with Crippen molar-refractivity contribution < 1.29 is 9.53 Å². The predicted molar refractivity (Wildman–Crippen MR) is 57.9 cm³/mol. The maximum absolute atomic E-state index is 10.5. The first-order valence-electron chi connectivity index (χ1n) is 4.57. The Morgan fingerprint density at radius 1 is 1.60 bits per heavy atom. The lowest BCUT2D eigenvalue weighted by Crippen LogP contribution is -2.26. The van der Waals surface area contributed by atoms with Gasteiger partial charge in [0.05, 0.1) is 0 Å². The first kappa shape index (κ1) is 11.3. The quantitative estimate of drug-likeness (QED) is 0.557. The van der Waals surface area contributed by atoms with Crippen LogP contribution in [0.4, 0.5) is 0 Å². The van der Waals surface area contributed by atoms with Gasteiger partial charge in [0.15, 0.2) is 11.9 Å². The Bertz CT molecular complexity index is 416. The van der Waals surface area contributed by atoms with Gasteiger partial charge in [-0.05, 0) is 26.8 Å². The summed E-state index contributed by atoms with van der Waals surface area (Å²) in [4.78, 5) is 14.5. The molecule has 0 fully saturated rings. The van der Waals surface area contributed by atoms with Gasteiger partial charge in [0.25, 0.3) is 0 Å². The molecule has 1 aromatic heterocycles. The van der Waals surface area contributed by atoms with E-state index in [-0.39, 0.29) is 0 Å². The van der Waals surface area contributed by atoms with Crippen LogP contribution in [0.2, 0.25) is 0 Å². The Balaban J connectivity index is 2.98. The molecule has 3 nitrogen and oxygen atoms in total. The first-order valence-corrected chi connectivity index (χ1v) is 4.57. The minimum Gasteiger partial charge on any atom is -0.458 e. The third-order valence-electron chi connectivity index (χ3n) is 1.89. The molecular weight excluding hydrogens is 190 g/mol. The number of carbonyl (C=O) groups is 1. The first-order chi connectivity index (χ1) is 6.98. The molecule has 0 saturated heterocycles. The van der Waals surface area contributed by atoms with E-state index in [0.29, 0.717) is 11.4 Å². The summed E-state index contributed by atoms with van der Waals surface area (Å²) >= 11 is 0. The van der Waals surface area contributed by atoms with E-state index in [1.165, 1.54) is 6.20 Å². The molecule has 0 amide bonds. The third-order valence-corrected chi connectivity index (χ3v) is 1.89. The van der Waals surface area contributed by atoms with Crippen LogP contribution in [0.5, 0.6) is 5.88 Å². The fraction of sp³-hybridized carbons (Fsp3) is 0.333. The number of aromatic nitrogens is 1. The highest BCUT2D eigenvalue weighted by molar-refractivity contribution is 5.74. The van der Waals surface area contributed by atoms with Gasteiger partial charge in [0.2, 0.25) is 5.88 Å². The zero-order valence-electron chi connectivity index (χ0n) is 9.07. The Morgan fingerprint density at radius 3 is 2.73 bits per heavy atom. The average Bonchev–Trinajstić information content (AvgIpc) is 2.21. The molecule has 1 rings (SSSR count). The molecule has 0 radical (unpaired) electrons. The third kappa shape index (κ3) is 2.81. The van der Waals surface area contributed by atoms with E-state index in [9.17, 15) is 4.79 Å². The molecule has 0 saturated carbocycles. The van der Waals surface area contributed by atoms with Gasteiger partial charge >= 0.3 is 0 Å². The highest BCUT2D eigenvalue weighted by Crippen LogP contribution is 2.19. The Labute approximate surface area is 89.5 Å². The average molecular weight is 203 g/mol. The highest BCUT2D eigenvalue weighted by Gasteiger charge is 2.17. The Hall–Kier alpha value is -1.82. The molecule has 3 heteroatoms. The van der Waals surface area contributed by atoms with Crippen molar-refractivity contribution in [2.24, 2.45) is 0 Å². The molecule has 1 heterocycles. The van der Waals surface area contributed by atoms with E-state index in [2.05, 4.69) is 10.9 Å². The number of carbonyl (C=O) groups excluding carboxylic acids is 1. The molecule has 0 atom stereocenters. The minimum absolute atomic E-state index is 0.462. The van der Waals surface area contributed by atoms with Gasteiger partial charge in [-0.1, -0.05) is 5.92 Å². The number of ether oxygens (including phenoxy) is 1. The van der Waals surface area contributed by atoms with Crippen LogP contribution in [-0.4, -0.2) is 16.9 Å². The van der Waals surface area contributed by atoms with E-state index in [0.717, 1.165) is 11.8 Å². The van der Waals surface area contributed by atoms with E-state index in [1.54, 1.807) is 19.9 Å². The summed E-state index contributed by atoms with van der Waals surface area (Å²) in [7, 11) is 0. The molecule has 0 aliphatic rings. The zero-order valence-corrected chi connectivity index (χ0v) is 9.07. The fourth-order valence-corrected chi connectivity index (χ4v) is 1.03. The van der Waals surface area contributed by atoms with E-state index < -0.39 is 5.60 Å². The number of nitrogens with zero attached hydrogens (tertiary/aromatic N) is 1. The largest absolute Gasteiger partial charge is 0.458 e. The minimum atomic E-state index is -0.694. The number of rotatable bonds is 3. The van der Waals surface area contributed by atoms with Gasteiger partial charge in [0.1, 0.15) is 0 Å². The number of terminal acetylenes is 1. The molecule has 15 heavy (non-hydrogen) atoms. The van der Waals surface area contributed by atoms with Crippen molar-refractivity contribution in [1.82, 2.24) is 4.98 Å². The summed E-state index contributed by atoms with van der Waals surface area (Å²) in [5.74, 6) is 2.98. The van der Waals surface area contributed by atoms with Crippen LogP contribution < -0.4 is 4.74 Å².